The predicted octanol–water partition coefficient (Wildman–Crippen LogP) is 1.93. The molecule has 5 nitrogen and oxygen atoms in total. The van der Waals surface area contributed by atoms with E-state index in [0.29, 0.717) is 5.69 Å². The molecule has 6 heteroatoms. The second-order valence-corrected chi connectivity index (χ2v) is 4.31. The second kappa shape index (κ2) is 5.60. The van der Waals surface area contributed by atoms with Crippen molar-refractivity contribution in [2.24, 2.45) is 0 Å². The topological polar surface area (TPSA) is 59.8 Å². The van der Waals surface area contributed by atoms with Crippen molar-refractivity contribution < 1.29 is 9.18 Å². The average molecular weight is 262 g/mol. The SMILES string of the molecule is CC[C@H](C)NC(=O)c1cn(-c2ccc(F)cc2)nn1. The van der Waals surface area contributed by atoms with Crippen molar-refractivity contribution in [1.82, 2.24) is 20.3 Å². The highest BCUT2D eigenvalue weighted by Gasteiger charge is 2.13. The Morgan fingerprint density at radius 3 is 2.74 bits per heavy atom. The van der Waals surface area contributed by atoms with Crippen LogP contribution in [0.5, 0.6) is 0 Å². The lowest BCUT2D eigenvalue weighted by atomic mass is 10.2. The van der Waals surface area contributed by atoms with Crippen LogP contribution in [0, 0.1) is 5.82 Å². The first-order valence-electron chi connectivity index (χ1n) is 6.09. The number of benzene rings is 1. The van der Waals surface area contributed by atoms with Crippen molar-refractivity contribution in [1.29, 1.82) is 0 Å². The Morgan fingerprint density at radius 1 is 1.42 bits per heavy atom. The molecule has 0 saturated carbocycles. The number of nitrogens with one attached hydrogen (secondary N) is 1. The Morgan fingerprint density at radius 2 is 2.11 bits per heavy atom. The van der Waals surface area contributed by atoms with Crippen LogP contribution < -0.4 is 5.32 Å². The fourth-order valence-corrected chi connectivity index (χ4v) is 1.49. The molecule has 19 heavy (non-hydrogen) atoms. The number of carbonyl (C=O) groups excluding carboxylic acids is 1. The Labute approximate surface area is 110 Å². The van der Waals surface area contributed by atoms with E-state index >= 15 is 0 Å². The van der Waals surface area contributed by atoms with E-state index in [1.54, 1.807) is 12.1 Å². The van der Waals surface area contributed by atoms with Crippen molar-refractivity contribution >= 4 is 5.91 Å². The first-order valence-corrected chi connectivity index (χ1v) is 6.09. The lowest BCUT2D eigenvalue weighted by molar-refractivity contribution is 0.0934. The van der Waals surface area contributed by atoms with Crippen LogP contribution in [0.4, 0.5) is 4.39 Å². The molecule has 1 aromatic heterocycles. The third-order valence-electron chi connectivity index (χ3n) is 2.81. The summed E-state index contributed by atoms with van der Waals surface area (Å²) < 4.78 is 14.2. The van der Waals surface area contributed by atoms with Crippen LogP contribution in [0.15, 0.2) is 30.5 Å². The van der Waals surface area contributed by atoms with Gasteiger partial charge in [-0.1, -0.05) is 12.1 Å². The summed E-state index contributed by atoms with van der Waals surface area (Å²) in [5.74, 6) is -0.582. The highest BCUT2D eigenvalue weighted by Crippen LogP contribution is 2.08. The Hall–Kier alpha value is -2.24. The maximum absolute atomic E-state index is 12.8. The zero-order valence-electron chi connectivity index (χ0n) is 10.8. The van der Waals surface area contributed by atoms with E-state index in [0.717, 1.165) is 6.42 Å². The summed E-state index contributed by atoms with van der Waals surface area (Å²) in [5.41, 5.74) is 0.890. The molecule has 0 spiro atoms. The Balaban J connectivity index is 2.15. The quantitative estimate of drug-likeness (QED) is 0.916. The molecule has 1 atom stereocenters. The fraction of sp³-hybridized carbons (Fsp3) is 0.308. The summed E-state index contributed by atoms with van der Waals surface area (Å²) in [6.45, 7) is 3.91. The highest BCUT2D eigenvalue weighted by atomic mass is 19.1. The smallest absolute Gasteiger partial charge is 0.273 e. The standard InChI is InChI=1S/C13H15FN4O/c1-3-9(2)15-13(19)12-8-18(17-16-12)11-6-4-10(14)5-7-11/h4-9H,3H2,1-2H3,(H,15,19)/t9-/m0/s1. The minimum absolute atomic E-state index is 0.0865. The van der Waals surface area contributed by atoms with Crippen molar-refractivity contribution in [2.75, 3.05) is 0 Å². The van der Waals surface area contributed by atoms with E-state index in [-0.39, 0.29) is 23.5 Å². The first kappa shape index (κ1) is 13.2. The van der Waals surface area contributed by atoms with Gasteiger partial charge in [0.1, 0.15) is 5.82 Å². The van der Waals surface area contributed by atoms with Crippen LogP contribution in [0.1, 0.15) is 30.8 Å². The molecular weight excluding hydrogens is 247 g/mol. The van der Waals surface area contributed by atoms with E-state index < -0.39 is 0 Å². The van der Waals surface area contributed by atoms with Gasteiger partial charge >= 0.3 is 0 Å². The van der Waals surface area contributed by atoms with Crippen LogP contribution >= 0.6 is 0 Å². The van der Waals surface area contributed by atoms with Crippen molar-refractivity contribution in [3.63, 3.8) is 0 Å². The third kappa shape index (κ3) is 3.15. The maximum atomic E-state index is 12.8. The molecular formula is C13H15FN4O. The molecule has 2 aromatic rings. The maximum Gasteiger partial charge on any atom is 0.273 e. The zero-order chi connectivity index (χ0) is 13.8. The molecule has 1 heterocycles. The van der Waals surface area contributed by atoms with Gasteiger partial charge in [-0.15, -0.1) is 5.10 Å². The number of amides is 1. The molecule has 0 radical (unpaired) electrons. The monoisotopic (exact) mass is 262 g/mol. The van der Waals surface area contributed by atoms with Gasteiger partial charge in [0.05, 0.1) is 11.9 Å². The lowest BCUT2D eigenvalue weighted by Gasteiger charge is -2.08. The minimum Gasteiger partial charge on any atom is -0.348 e. The molecule has 0 bridgehead atoms. The highest BCUT2D eigenvalue weighted by molar-refractivity contribution is 5.92. The van der Waals surface area contributed by atoms with Crippen LogP contribution in [-0.2, 0) is 0 Å². The van der Waals surface area contributed by atoms with Crippen molar-refractivity contribution in [2.45, 2.75) is 26.3 Å². The Bertz CT molecular complexity index is 564. The summed E-state index contributed by atoms with van der Waals surface area (Å²) in [5, 5.41) is 10.5. The molecule has 0 fully saturated rings. The van der Waals surface area contributed by atoms with Crippen molar-refractivity contribution in [3.05, 3.63) is 42.0 Å². The van der Waals surface area contributed by atoms with Gasteiger partial charge in [0, 0.05) is 6.04 Å². The molecule has 0 saturated heterocycles. The number of nitrogens with zero attached hydrogens (tertiary/aromatic N) is 3. The second-order valence-electron chi connectivity index (χ2n) is 4.31. The molecule has 100 valence electrons. The third-order valence-corrected chi connectivity index (χ3v) is 2.81. The molecule has 0 unspecified atom stereocenters. The van der Waals surface area contributed by atoms with Gasteiger partial charge in [-0.05, 0) is 37.6 Å². The van der Waals surface area contributed by atoms with E-state index in [1.807, 2.05) is 13.8 Å². The largest absolute Gasteiger partial charge is 0.348 e. The molecule has 1 aromatic carbocycles. The minimum atomic E-state index is -0.321. The van der Waals surface area contributed by atoms with Gasteiger partial charge in [0.15, 0.2) is 5.69 Å². The van der Waals surface area contributed by atoms with Gasteiger partial charge in [-0.2, -0.15) is 0 Å². The van der Waals surface area contributed by atoms with Gasteiger partial charge < -0.3 is 5.32 Å². The van der Waals surface area contributed by atoms with Crippen LogP contribution in [0.2, 0.25) is 0 Å². The first-order chi connectivity index (χ1) is 9.10. The van der Waals surface area contributed by atoms with Crippen molar-refractivity contribution in [3.8, 4) is 5.69 Å². The number of carbonyl (C=O) groups is 1. The molecule has 0 aliphatic carbocycles. The average Bonchev–Trinajstić information content (AvgIpc) is 2.89. The van der Waals surface area contributed by atoms with Crippen LogP contribution in [0.25, 0.3) is 5.69 Å². The Kier molecular flexibility index (Phi) is 3.89. The molecule has 1 N–H and O–H groups in total. The van der Waals surface area contributed by atoms with Crippen LogP contribution in [-0.4, -0.2) is 26.9 Å². The van der Waals surface area contributed by atoms with Crippen LogP contribution in [0.3, 0.4) is 0 Å². The van der Waals surface area contributed by atoms with Gasteiger partial charge in [0.2, 0.25) is 0 Å². The summed E-state index contributed by atoms with van der Waals surface area (Å²) in [6.07, 6.45) is 2.36. The molecule has 0 aliphatic heterocycles. The van der Waals surface area contributed by atoms with Gasteiger partial charge in [-0.25, -0.2) is 9.07 Å². The zero-order valence-corrected chi connectivity index (χ0v) is 10.8. The van der Waals surface area contributed by atoms with E-state index in [4.69, 9.17) is 0 Å². The summed E-state index contributed by atoms with van der Waals surface area (Å²) in [6, 6.07) is 5.88. The molecule has 0 aliphatic rings. The number of halogens is 1. The van der Waals surface area contributed by atoms with E-state index in [1.165, 1.54) is 23.0 Å². The summed E-state index contributed by atoms with van der Waals surface area (Å²) >= 11 is 0. The number of hydrogen-bond acceptors (Lipinski definition) is 3. The van der Waals surface area contributed by atoms with E-state index in [2.05, 4.69) is 15.6 Å². The number of rotatable bonds is 4. The van der Waals surface area contributed by atoms with E-state index in [9.17, 15) is 9.18 Å². The summed E-state index contributed by atoms with van der Waals surface area (Å²) in [7, 11) is 0. The summed E-state index contributed by atoms with van der Waals surface area (Å²) in [4.78, 5) is 11.8. The number of hydrogen-bond donors (Lipinski definition) is 1. The number of aromatic nitrogens is 3. The molecule has 2 rings (SSSR count). The lowest BCUT2D eigenvalue weighted by Crippen LogP contribution is -2.32. The van der Waals surface area contributed by atoms with Gasteiger partial charge in [-0.3, -0.25) is 4.79 Å². The fourth-order valence-electron chi connectivity index (χ4n) is 1.49. The predicted molar refractivity (Wildman–Crippen MR) is 68.5 cm³/mol. The van der Waals surface area contributed by atoms with Gasteiger partial charge in [0.25, 0.3) is 5.91 Å². The normalized spacial score (nSPS) is 12.2. The molecule has 1 amide bonds.